The Bertz CT molecular complexity index is 839. The lowest BCUT2D eigenvalue weighted by Crippen LogP contribution is -2.28. The number of imidazole rings is 1. The van der Waals surface area contributed by atoms with Crippen LogP contribution < -0.4 is 5.32 Å². The molecule has 0 fully saturated rings. The fourth-order valence-corrected chi connectivity index (χ4v) is 2.59. The Hall–Kier alpha value is -2.95. The van der Waals surface area contributed by atoms with Gasteiger partial charge in [-0.2, -0.15) is 0 Å². The topological polar surface area (TPSA) is 59.8 Å². The Morgan fingerprint density at radius 3 is 2.91 bits per heavy atom. The number of rotatable bonds is 5. The van der Waals surface area contributed by atoms with E-state index in [2.05, 4.69) is 26.4 Å². The quantitative estimate of drug-likeness (QED) is 0.737. The summed E-state index contributed by atoms with van der Waals surface area (Å²) in [5, 5.41) is 2.98. The third-order valence-electron chi connectivity index (χ3n) is 3.65. The molecule has 1 unspecified atom stereocenters. The molecule has 0 aliphatic carbocycles. The van der Waals surface area contributed by atoms with Crippen molar-refractivity contribution in [3.05, 3.63) is 72.8 Å². The van der Waals surface area contributed by atoms with E-state index in [9.17, 15) is 4.79 Å². The normalized spacial score (nSPS) is 12.0. The summed E-state index contributed by atoms with van der Waals surface area (Å²) in [7, 11) is 0. The van der Waals surface area contributed by atoms with Gasteiger partial charge < -0.3 is 9.88 Å². The number of para-hydroxylation sites is 2. The second-order valence-electron chi connectivity index (χ2n) is 5.29. The highest BCUT2D eigenvalue weighted by atomic mass is 16.1. The van der Waals surface area contributed by atoms with Crippen molar-refractivity contribution in [1.29, 1.82) is 0 Å². The van der Waals surface area contributed by atoms with Crippen molar-refractivity contribution in [2.24, 2.45) is 0 Å². The number of nitrogens with one attached hydrogen (secondary N) is 1. The lowest BCUT2D eigenvalue weighted by Gasteiger charge is -2.15. The number of amides is 1. The first-order valence-corrected chi connectivity index (χ1v) is 7.47. The summed E-state index contributed by atoms with van der Waals surface area (Å²) >= 11 is 0. The predicted molar refractivity (Wildman–Crippen MR) is 90.0 cm³/mol. The maximum Gasteiger partial charge on any atom is 0.253 e. The molecule has 0 radical (unpaired) electrons. The number of hydrogen-bond donors (Lipinski definition) is 1. The van der Waals surface area contributed by atoms with Crippen molar-refractivity contribution < 1.29 is 4.79 Å². The summed E-state index contributed by atoms with van der Waals surface area (Å²) in [6.07, 6.45) is 5.02. The predicted octanol–water partition coefficient (Wildman–Crippen LogP) is 3.11. The molecule has 2 aromatic heterocycles. The van der Waals surface area contributed by atoms with Gasteiger partial charge in [-0.25, -0.2) is 4.98 Å². The molecule has 1 N–H and O–H groups in total. The Morgan fingerprint density at radius 1 is 1.35 bits per heavy atom. The standard InChI is InChI=1S/C18H18N4O/c1-3-11-22-16-9-5-4-8-15(16)21-17(22)13(2)20-18(23)14-7-6-10-19-12-14/h3-10,12-13H,1,11H2,2H3,(H,20,23). The summed E-state index contributed by atoms with van der Waals surface area (Å²) < 4.78 is 2.07. The average molecular weight is 306 g/mol. The van der Waals surface area contributed by atoms with Crippen molar-refractivity contribution in [2.45, 2.75) is 19.5 Å². The van der Waals surface area contributed by atoms with Crippen LogP contribution in [0, 0.1) is 0 Å². The molecule has 0 saturated heterocycles. The zero-order valence-corrected chi connectivity index (χ0v) is 12.9. The molecule has 0 aliphatic heterocycles. The molecular weight excluding hydrogens is 288 g/mol. The minimum Gasteiger partial charge on any atom is -0.342 e. The first kappa shape index (κ1) is 15.0. The van der Waals surface area contributed by atoms with Crippen molar-refractivity contribution in [3.63, 3.8) is 0 Å². The molecule has 0 aliphatic rings. The van der Waals surface area contributed by atoms with Crippen molar-refractivity contribution >= 4 is 16.9 Å². The zero-order chi connectivity index (χ0) is 16.2. The number of benzene rings is 1. The fraction of sp³-hybridized carbons (Fsp3) is 0.167. The van der Waals surface area contributed by atoms with Crippen LogP contribution in [0.4, 0.5) is 0 Å². The number of fused-ring (bicyclic) bond motifs is 1. The van der Waals surface area contributed by atoms with E-state index < -0.39 is 0 Å². The Morgan fingerprint density at radius 2 is 2.17 bits per heavy atom. The van der Waals surface area contributed by atoms with Crippen LogP contribution >= 0.6 is 0 Å². The molecule has 0 saturated carbocycles. The van der Waals surface area contributed by atoms with Crippen LogP contribution in [0.5, 0.6) is 0 Å². The lowest BCUT2D eigenvalue weighted by atomic mass is 10.2. The van der Waals surface area contributed by atoms with E-state index in [0.29, 0.717) is 12.1 Å². The van der Waals surface area contributed by atoms with Gasteiger partial charge in [0.15, 0.2) is 0 Å². The van der Waals surface area contributed by atoms with E-state index in [1.54, 1.807) is 24.5 Å². The van der Waals surface area contributed by atoms with Gasteiger partial charge in [0, 0.05) is 18.9 Å². The van der Waals surface area contributed by atoms with Crippen LogP contribution in [-0.2, 0) is 6.54 Å². The molecule has 1 atom stereocenters. The summed E-state index contributed by atoms with van der Waals surface area (Å²) in [6, 6.07) is 11.2. The highest BCUT2D eigenvalue weighted by molar-refractivity contribution is 5.94. The number of aromatic nitrogens is 3. The lowest BCUT2D eigenvalue weighted by molar-refractivity contribution is 0.0937. The number of carbonyl (C=O) groups excluding carboxylic acids is 1. The second kappa shape index (κ2) is 6.44. The fourth-order valence-electron chi connectivity index (χ4n) is 2.59. The summed E-state index contributed by atoms with van der Waals surface area (Å²) in [6.45, 7) is 6.37. The van der Waals surface area contributed by atoms with E-state index in [4.69, 9.17) is 0 Å². The zero-order valence-electron chi connectivity index (χ0n) is 12.9. The van der Waals surface area contributed by atoms with E-state index in [-0.39, 0.29) is 11.9 Å². The second-order valence-corrected chi connectivity index (χ2v) is 5.29. The molecule has 23 heavy (non-hydrogen) atoms. The maximum absolute atomic E-state index is 12.3. The van der Waals surface area contributed by atoms with Gasteiger partial charge in [0.2, 0.25) is 0 Å². The van der Waals surface area contributed by atoms with E-state index in [1.807, 2.05) is 37.3 Å². The Balaban J connectivity index is 1.91. The van der Waals surface area contributed by atoms with Crippen LogP contribution in [0.15, 0.2) is 61.4 Å². The SMILES string of the molecule is C=CCn1c(C(C)NC(=O)c2cccnc2)nc2ccccc21. The molecule has 5 nitrogen and oxygen atoms in total. The number of nitrogens with zero attached hydrogens (tertiary/aromatic N) is 3. The maximum atomic E-state index is 12.3. The van der Waals surface area contributed by atoms with Gasteiger partial charge in [-0.3, -0.25) is 9.78 Å². The molecule has 2 heterocycles. The molecule has 5 heteroatoms. The monoisotopic (exact) mass is 306 g/mol. The smallest absolute Gasteiger partial charge is 0.253 e. The molecule has 3 aromatic rings. The van der Waals surface area contributed by atoms with Gasteiger partial charge in [-0.1, -0.05) is 18.2 Å². The van der Waals surface area contributed by atoms with E-state index in [0.717, 1.165) is 16.9 Å². The third-order valence-corrected chi connectivity index (χ3v) is 3.65. The third kappa shape index (κ3) is 2.99. The van der Waals surface area contributed by atoms with Crippen LogP contribution in [0.2, 0.25) is 0 Å². The molecule has 116 valence electrons. The first-order valence-electron chi connectivity index (χ1n) is 7.47. The largest absolute Gasteiger partial charge is 0.342 e. The highest BCUT2D eigenvalue weighted by Gasteiger charge is 2.18. The van der Waals surface area contributed by atoms with Crippen molar-refractivity contribution in [2.75, 3.05) is 0 Å². The van der Waals surface area contributed by atoms with Gasteiger partial charge >= 0.3 is 0 Å². The van der Waals surface area contributed by atoms with E-state index in [1.165, 1.54) is 0 Å². The average Bonchev–Trinajstić information content (AvgIpc) is 2.95. The van der Waals surface area contributed by atoms with Crippen LogP contribution in [0.1, 0.15) is 29.1 Å². The number of carbonyl (C=O) groups is 1. The molecule has 1 amide bonds. The molecule has 0 bridgehead atoms. The molecular formula is C18H18N4O. The van der Waals surface area contributed by atoms with E-state index >= 15 is 0 Å². The summed E-state index contributed by atoms with van der Waals surface area (Å²) in [5.74, 6) is 0.645. The van der Waals surface area contributed by atoms with Gasteiger partial charge in [-0.15, -0.1) is 6.58 Å². The van der Waals surface area contributed by atoms with Crippen molar-refractivity contribution in [1.82, 2.24) is 19.9 Å². The first-order chi connectivity index (χ1) is 11.2. The summed E-state index contributed by atoms with van der Waals surface area (Å²) in [5.41, 5.74) is 2.47. The van der Waals surface area contributed by atoms with Gasteiger partial charge in [0.25, 0.3) is 5.91 Å². The molecule has 1 aromatic carbocycles. The van der Waals surface area contributed by atoms with Gasteiger partial charge in [-0.05, 0) is 31.2 Å². The van der Waals surface area contributed by atoms with Gasteiger partial charge in [0.05, 0.1) is 22.6 Å². The van der Waals surface area contributed by atoms with Crippen molar-refractivity contribution in [3.8, 4) is 0 Å². The number of allylic oxidation sites excluding steroid dienone is 1. The minimum absolute atomic E-state index is 0.164. The highest BCUT2D eigenvalue weighted by Crippen LogP contribution is 2.21. The van der Waals surface area contributed by atoms with Crippen LogP contribution in [-0.4, -0.2) is 20.4 Å². The number of hydrogen-bond acceptors (Lipinski definition) is 3. The molecule has 0 spiro atoms. The number of pyridine rings is 1. The van der Waals surface area contributed by atoms with Crippen LogP contribution in [0.3, 0.4) is 0 Å². The minimum atomic E-state index is -0.227. The van der Waals surface area contributed by atoms with Gasteiger partial charge in [0.1, 0.15) is 5.82 Å². The Labute approximate surface area is 134 Å². The van der Waals surface area contributed by atoms with Crippen LogP contribution in [0.25, 0.3) is 11.0 Å². The Kier molecular flexibility index (Phi) is 4.19. The molecule has 3 rings (SSSR count). The summed E-state index contributed by atoms with van der Waals surface area (Å²) in [4.78, 5) is 20.9.